The summed E-state index contributed by atoms with van der Waals surface area (Å²) in [5.74, 6) is 0. The van der Waals surface area contributed by atoms with E-state index in [-0.39, 0.29) is 6.61 Å². The summed E-state index contributed by atoms with van der Waals surface area (Å²) in [5, 5.41) is 8.50. The Morgan fingerprint density at radius 3 is 2.24 bits per heavy atom. The molecule has 3 heteroatoms. The van der Waals surface area contributed by atoms with Gasteiger partial charge in [-0.15, -0.1) is 0 Å². The molecule has 0 bridgehead atoms. The summed E-state index contributed by atoms with van der Waals surface area (Å²) in [4.78, 5) is 0. The van der Waals surface area contributed by atoms with E-state index < -0.39 is 0 Å². The van der Waals surface area contributed by atoms with Crippen LogP contribution in [0.5, 0.6) is 0 Å². The highest BCUT2D eigenvalue weighted by molar-refractivity contribution is 4.97. The van der Waals surface area contributed by atoms with Crippen LogP contribution in [0.4, 0.5) is 0 Å². The molecule has 98 valence electrons. The maximum atomic E-state index is 8.50. The third kappa shape index (κ3) is 15.1. The van der Waals surface area contributed by atoms with Crippen LogP contribution in [-0.4, -0.2) is 32.2 Å². The maximum absolute atomic E-state index is 8.50. The minimum Gasteiger partial charge on any atom is -0.392 e. The van der Waals surface area contributed by atoms with Crippen molar-refractivity contribution < 1.29 is 14.6 Å². The van der Waals surface area contributed by atoms with Gasteiger partial charge in [0.25, 0.3) is 0 Å². The maximum Gasteiger partial charge on any atom is 0.146 e. The van der Waals surface area contributed by atoms with Crippen molar-refractivity contribution in [2.75, 3.05) is 27.1 Å². The van der Waals surface area contributed by atoms with Crippen LogP contribution in [0.3, 0.4) is 0 Å². The molecule has 0 spiro atoms. The molecule has 0 aliphatic carbocycles. The molecule has 0 aromatic carbocycles. The van der Waals surface area contributed by atoms with Gasteiger partial charge >= 0.3 is 0 Å². The highest BCUT2D eigenvalue weighted by atomic mass is 16.7. The monoisotopic (exact) mass is 240 g/mol. The molecule has 0 radical (unpaired) electrons. The largest absolute Gasteiger partial charge is 0.392 e. The number of ether oxygens (including phenoxy) is 2. The highest BCUT2D eigenvalue weighted by Gasteiger charge is 1.84. The van der Waals surface area contributed by atoms with E-state index in [9.17, 15) is 0 Å². The number of unbranched alkanes of at least 4 members (excludes halogenated alkanes) is 1. The Kier molecular flexibility index (Phi) is 14.3. The average molecular weight is 240 g/mol. The lowest BCUT2D eigenvalue weighted by atomic mass is 10.2. The van der Waals surface area contributed by atoms with Gasteiger partial charge in [-0.1, -0.05) is 36.5 Å². The molecule has 0 rings (SSSR count). The first-order chi connectivity index (χ1) is 8.41. The third-order valence-corrected chi connectivity index (χ3v) is 2.01. The molecule has 0 aliphatic rings. The normalized spacial score (nSPS) is 12.4. The van der Waals surface area contributed by atoms with E-state index in [1.165, 1.54) is 0 Å². The van der Waals surface area contributed by atoms with Gasteiger partial charge in [-0.05, 0) is 25.7 Å². The molecule has 0 saturated heterocycles. The van der Waals surface area contributed by atoms with E-state index in [2.05, 4.69) is 24.3 Å². The summed E-state index contributed by atoms with van der Waals surface area (Å²) in [6.07, 6.45) is 16.2. The van der Waals surface area contributed by atoms with Crippen LogP contribution in [0.25, 0.3) is 0 Å². The van der Waals surface area contributed by atoms with Gasteiger partial charge in [-0.25, -0.2) is 0 Å². The molecule has 0 unspecified atom stereocenters. The van der Waals surface area contributed by atoms with Gasteiger partial charge in [-0.2, -0.15) is 0 Å². The molecule has 1 N–H and O–H groups in total. The molecule has 0 heterocycles. The SMILES string of the molecule is COCOCCC/C=C/C/C=C/C/C=C/CO. The molecule has 0 aliphatic heterocycles. The molecule has 0 saturated carbocycles. The van der Waals surface area contributed by atoms with Crippen molar-refractivity contribution in [1.82, 2.24) is 0 Å². The lowest BCUT2D eigenvalue weighted by Crippen LogP contribution is -1.97. The van der Waals surface area contributed by atoms with Crippen molar-refractivity contribution in [3.63, 3.8) is 0 Å². The lowest BCUT2D eigenvalue weighted by Gasteiger charge is -1.99. The topological polar surface area (TPSA) is 38.7 Å². The number of methoxy groups -OCH3 is 1. The van der Waals surface area contributed by atoms with Gasteiger partial charge in [0.1, 0.15) is 6.79 Å². The second-order valence-electron chi connectivity index (χ2n) is 3.53. The summed E-state index contributed by atoms with van der Waals surface area (Å²) in [6.45, 7) is 1.26. The predicted molar refractivity (Wildman–Crippen MR) is 70.8 cm³/mol. The first-order valence-electron chi connectivity index (χ1n) is 6.04. The van der Waals surface area contributed by atoms with E-state index in [1.54, 1.807) is 13.2 Å². The predicted octanol–water partition coefficient (Wildman–Crippen LogP) is 2.83. The summed E-state index contributed by atoms with van der Waals surface area (Å²) in [7, 11) is 1.63. The molecule has 0 amide bonds. The molecule has 17 heavy (non-hydrogen) atoms. The van der Waals surface area contributed by atoms with Crippen molar-refractivity contribution in [3.8, 4) is 0 Å². The van der Waals surface area contributed by atoms with Gasteiger partial charge in [0, 0.05) is 13.7 Å². The molecule has 0 atom stereocenters. The van der Waals surface area contributed by atoms with Gasteiger partial charge in [0.15, 0.2) is 0 Å². The van der Waals surface area contributed by atoms with Crippen LogP contribution >= 0.6 is 0 Å². The van der Waals surface area contributed by atoms with E-state index in [0.29, 0.717) is 6.79 Å². The second kappa shape index (κ2) is 15.1. The number of aliphatic hydroxyl groups excluding tert-OH is 1. The summed E-state index contributed by atoms with van der Waals surface area (Å²) in [5.41, 5.74) is 0. The van der Waals surface area contributed by atoms with Crippen molar-refractivity contribution in [2.45, 2.75) is 25.7 Å². The number of hydrogen-bond acceptors (Lipinski definition) is 3. The molecule has 3 nitrogen and oxygen atoms in total. The minimum atomic E-state index is 0.124. The van der Waals surface area contributed by atoms with E-state index in [4.69, 9.17) is 14.6 Å². The van der Waals surface area contributed by atoms with Gasteiger partial charge in [0.05, 0.1) is 6.61 Å². The quantitative estimate of drug-likeness (QED) is 0.343. The Morgan fingerprint density at radius 1 is 0.941 bits per heavy atom. The first-order valence-corrected chi connectivity index (χ1v) is 6.04. The van der Waals surface area contributed by atoms with Crippen molar-refractivity contribution >= 4 is 0 Å². The molecule has 0 aromatic rings. The third-order valence-electron chi connectivity index (χ3n) is 2.01. The van der Waals surface area contributed by atoms with Crippen LogP contribution in [0.15, 0.2) is 36.5 Å². The van der Waals surface area contributed by atoms with Crippen LogP contribution in [0.1, 0.15) is 25.7 Å². The van der Waals surface area contributed by atoms with E-state index in [0.717, 1.165) is 32.3 Å². The van der Waals surface area contributed by atoms with Crippen molar-refractivity contribution in [2.24, 2.45) is 0 Å². The minimum absolute atomic E-state index is 0.124. The van der Waals surface area contributed by atoms with Gasteiger partial charge in [0.2, 0.25) is 0 Å². The van der Waals surface area contributed by atoms with Crippen LogP contribution in [-0.2, 0) is 9.47 Å². The van der Waals surface area contributed by atoms with E-state index in [1.807, 2.05) is 6.08 Å². The average Bonchev–Trinajstić information content (AvgIpc) is 2.35. The Bertz CT molecular complexity index is 220. The number of allylic oxidation sites excluding steroid dienone is 5. The molecule has 0 fully saturated rings. The number of hydrogen-bond donors (Lipinski definition) is 1. The zero-order chi connectivity index (χ0) is 12.6. The van der Waals surface area contributed by atoms with Gasteiger partial charge < -0.3 is 14.6 Å². The fraction of sp³-hybridized carbons (Fsp3) is 0.571. The van der Waals surface area contributed by atoms with Crippen molar-refractivity contribution in [3.05, 3.63) is 36.5 Å². The Balaban J connectivity index is 3.21. The smallest absolute Gasteiger partial charge is 0.146 e. The van der Waals surface area contributed by atoms with Crippen LogP contribution in [0, 0.1) is 0 Å². The van der Waals surface area contributed by atoms with Crippen molar-refractivity contribution in [1.29, 1.82) is 0 Å². The summed E-state index contributed by atoms with van der Waals surface area (Å²) in [6, 6.07) is 0. The Hall–Kier alpha value is -0.900. The van der Waals surface area contributed by atoms with Crippen LogP contribution in [0.2, 0.25) is 0 Å². The zero-order valence-electron chi connectivity index (χ0n) is 10.7. The summed E-state index contributed by atoms with van der Waals surface area (Å²) < 4.78 is 9.94. The Morgan fingerprint density at radius 2 is 1.59 bits per heavy atom. The van der Waals surface area contributed by atoms with E-state index >= 15 is 0 Å². The first kappa shape index (κ1) is 16.1. The Labute approximate surface area is 104 Å². The second-order valence-corrected chi connectivity index (χ2v) is 3.53. The fourth-order valence-electron chi connectivity index (χ4n) is 1.18. The fourth-order valence-corrected chi connectivity index (χ4v) is 1.18. The molecular weight excluding hydrogens is 216 g/mol. The zero-order valence-corrected chi connectivity index (χ0v) is 10.7. The van der Waals surface area contributed by atoms with Gasteiger partial charge in [-0.3, -0.25) is 0 Å². The van der Waals surface area contributed by atoms with Crippen LogP contribution < -0.4 is 0 Å². The number of rotatable bonds is 11. The molecular formula is C14H24O3. The highest BCUT2D eigenvalue weighted by Crippen LogP contribution is 1.95. The number of aliphatic hydroxyl groups is 1. The molecule has 0 aromatic heterocycles. The lowest BCUT2D eigenvalue weighted by molar-refractivity contribution is -0.0308. The standard InChI is InChI=1S/C14H24O3/c1-16-14-17-13-11-9-7-5-3-2-4-6-8-10-12-15/h2,4-5,7-8,10,15H,3,6,9,11-14H2,1H3/b4-2+,7-5+,10-8+. The summed E-state index contributed by atoms with van der Waals surface area (Å²) >= 11 is 0.